The number of nitrogens with one attached hydrogen (secondary N) is 1. The van der Waals surface area contributed by atoms with E-state index in [1.807, 2.05) is 6.92 Å². The van der Waals surface area contributed by atoms with Crippen molar-refractivity contribution in [2.45, 2.75) is 57.6 Å². The molecule has 1 aliphatic carbocycles. The molecule has 2 N–H and O–H groups in total. The second kappa shape index (κ2) is 4.14. The molecule has 1 rings (SSSR count). The van der Waals surface area contributed by atoms with Crippen LogP contribution >= 0.6 is 0 Å². The van der Waals surface area contributed by atoms with Gasteiger partial charge in [-0.05, 0) is 32.6 Å². The highest BCUT2D eigenvalue weighted by molar-refractivity contribution is 5.02. The maximum atomic E-state index is 9.50. The number of hydrogen-bond donors (Lipinski definition) is 2. The first-order chi connectivity index (χ1) is 6.03. The molecule has 0 aromatic rings. The zero-order valence-electron chi connectivity index (χ0n) is 8.77. The fraction of sp³-hybridized carbons (Fsp3) is 0.818. The van der Waals surface area contributed by atoms with Gasteiger partial charge in [-0.25, -0.2) is 0 Å². The summed E-state index contributed by atoms with van der Waals surface area (Å²) < 4.78 is 0. The van der Waals surface area contributed by atoms with Crippen LogP contribution in [0.25, 0.3) is 0 Å². The highest BCUT2D eigenvalue weighted by Gasteiger charge is 2.38. The topological polar surface area (TPSA) is 32.3 Å². The molecule has 0 amide bonds. The normalized spacial score (nSPS) is 32.4. The first kappa shape index (κ1) is 10.6. The zero-order chi connectivity index (χ0) is 9.90. The molecule has 0 spiro atoms. The minimum Gasteiger partial charge on any atom is -0.390 e. The van der Waals surface area contributed by atoms with E-state index in [0.717, 1.165) is 25.0 Å². The molecule has 76 valence electrons. The molecule has 0 bridgehead atoms. The van der Waals surface area contributed by atoms with E-state index < -0.39 is 5.60 Å². The summed E-state index contributed by atoms with van der Waals surface area (Å²) >= 11 is 0. The minimum absolute atomic E-state index is 0.428. The second-order valence-corrected chi connectivity index (χ2v) is 4.45. The Bertz CT molecular complexity index is 179. The van der Waals surface area contributed by atoms with Crippen molar-refractivity contribution >= 4 is 0 Å². The monoisotopic (exact) mass is 183 g/mol. The van der Waals surface area contributed by atoms with Gasteiger partial charge in [0.2, 0.25) is 0 Å². The van der Waals surface area contributed by atoms with Crippen LogP contribution < -0.4 is 5.32 Å². The van der Waals surface area contributed by atoms with Gasteiger partial charge in [-0.2, -0.15) is 0 Å². The van der Waals surface area contributed by atoms with Crippen LogP contribution in [0.15, 0.2) is 12.3 Å². The molecule has 1 fully saturated rings. The van der Waals surface area contributed by atoms with Crippen LogP contribution in [0.3, 0.4) is 0 Å². The quantitative estimate of drug-likeness (QED) is 0.685. The molecule has 0 atom stereocenters. The fourth-order valence-corrected chi connectivity index (χ4v) is 1.85. The number of rotatable bonds is 5. The molecular weight excluding hydrogens is 162 g/mol. The van der Waals surface area contributed by atoms with Gasteiger partial charge >= 0.3 is 0 Å². The van der Waals surface area contributed by atoms with Crippen molar-refractivity contribution in [3.05, 3.63) is 12.3 Å². The lowest BCUT2D eigenvalue weighted by molar-refractivity contribution is -0.0365. The van der Waals surface area contributed by atoms with Crippen molar-refractivity contribution in [2.75, 3.05) is 0 Å². The van der Waals surface area contributed by atoms with E-state index in [9.17, 15) is 5.11 Å². The van der Waals surface area contributed by atoms with Gasteiger partial charge in [0.05, 0.1) is 5.60 Å². The molecule has 0 aromatic heterocycles. The second-order valence-electron chi connectivity index (χ2n) is 4.45. The number of allylic oxidation sites excluding steroid dienone is 1. The first-order valence-corrected chi connectivity index (χ1v) is 5.20. The Morgan fingerprint density at radius 2 is 2.23 bits per heavy atom. The molecule has 0 unspecified atom stereocenters. The molecule has 0 aromatic carbocycles. The number of aliphatic hydroxyl groups is 1. The average molecular weight is 183 g/mol. The van der Waals surface area contributed by atoms with Crippen LogP contribution in [0.2, 0.25) is 0 Å². The van der Waals surface area contributed by atoms with Crippen molar-refractivity contribution in [1.82, 2.24) is 5.32 Å². The molecule has 0 heterocycles. The molecule has 2 heteroatoms. The number of hydrogen-bond acceptors (Lipinski definition) is 2. The van der Waals surface area contributed by atoms with E-state index >= 15 is 0 Å². The summed E-state index contributed by atoms with van der Waals surface area (Å²) in [5.74, 6) is 0. The van der Waals surface area contributed by atoms with Crippen LogP contribution in [0.1, 0.15) is 46.0 Å². The van der Waals surface area contributed by atoms with Crippen molar-refractivity contribution in [1.29, 1.82) is 0 Å². The SMILES string of the molecule is C=C(CCCC)NC1CC(C)(O)C1. The fourth-order valence-electron chi connectivity index (χ4n) is 1.85. The van der Waals surface area contributed by atoms with Crippen LogP contribution in [0, 0.1) is 0 Å². The Morgan fingerprint density at radius 1 is 1.62 bits per heavy atom. The Morgan fingerprint density at radius 3 is 2.69 bits per heavy atom. The van der Waals surface area contributed by atoms with Gasteiger partial charge in [0, 0.05) is 11.7 Å². The van der Waals surface area contributed by atoms with Crippen molar-refractivity contribution < 1.29 is 5.11 Å². The van der Waals surface area contributed by atoms with Gasteiger partial charge in [0.25, 0.3) is 0 Å². The van der Waals surface area contributed by atoms with Crippen LogP contribution in [-0.4, -0.2) is 16.7 Å². The highest BCUT2D eigenvalue weighted by Crippen LogP contribution is 2.31. The summed E-state index contributed by atoms with van der Waals surface area (Å²) in [6, 6.07) is 0.458. The highest BCUT2D eigenvalue weighted by atomic mass is 16.3. The van der Waals surface area contributed by atoms with E-state index in [1.165, 1.54) is 12.8 Å². The summed E-state index contributed by atoms with van der Waals surface area (Å²) in [5.41, 5.74) is 0.699. The van der Waals surface area contributed by atoms with Gasteiger partial charge in [-0.15, -0.1) is 0 Å². The van der Waals surface area contributed by atoms with Crippen LogP contribution in [0.5, 0.6) is 0 Å². The molecule has 0 saturated heterocycles. The Balaban J connectivity index is 2.10. The molecule has 0 aliphatic heterocycles. The summed E-state index contributed by atoms with van der Waals surface area (Å²) in [4.78, 5) is 0. The third kappa shape index (κ3) is 3.39. The summed E-state index contributed by atoms with van der Waals surface area (Å²) in [7, 11) is 0. The third-order valence-corrected chi connectivity index (χ3v) is 2.61. The van der Waals surface area contributed by atoms with Crippen LogP contribution in [0.4, 0.5) is 0 Å². The van der Waals surface area contributed by atoms with E-state index in [0.29, 0.717) is 6.04 Å². The van der Waals surface area contributed by atoms with Crippen molar-refractivity contribution in [3.8, 4) is 0 Å². The first-order valence-electron chi connectivity index (χ1n) is 5.20. The van der Waals surface area contributed by atoms with Gasteiger partial charge in [0.1, 0.15) is 0 Å². The van der Waals surface area contributed by atoms with E-state index in [2.05, 4.69) is 18.8 Å². The summed E-state index contributed by atoms with van der Waals surface area (Å²) in [5, 5.41) is 12.9. The van der Waals surface area contributed by atoms with Crippen molar-refractivity contribution in [2.24, 2.45) is 0 Å². The Labute approximate surface area is 81.0 Å². The number of unbranched alkanes of at least 4 members (excludes halogenated alkanes) is 1. The van der Waals surface area contributed by atoms with Gasteiger partial charge in [0.15, 0.2) is 0 Å². The maximum absolute atomic E-state index is 9.50. The molecule has 13 heavy (non-hydrogen) atoms. The maximum Gasteiger partial charge on any atom is 0.0658 e. The van der Waals surface area contributed by atoms with Crippen LogP contribution in [-0.2, 0) is 0 Å². The smallest absolute Gasteiger partial charge is 0.0658 e. The molecule has 2 nitrogen and oxygen atoms in total. The summed E-state index contributed by atoms with van der Waals surface area (Å²) in [6.45, 7) is 8.04. The summed E-state index contributed by atoms with van der Waals surface area (Å²) in [6.07, 6.45) is 5.20. The lowest BCUT2D eigenvalue weighted by Gasteiger charge is -2.42. The minimum atomic E-state index is -0.428. The average Bonchev–Trinajstić information content (AvgIpc) is 1.97. The molecular formula is C11H21NO. The molecule has 0 radical (unpaired) electrons. The lowest BCUT2D eigenvalue weighted by Crippen LogP contribution is -2.51. The Kier molecular flexibility index (Phi) is 3.37. The zero-order valence-corrected chi connectivity index (χ0v) is 8.77. The molecule has 1 aliphatic rings. The largest absolute Gasteiger partial charge is 0.390 e. The van der Waals surface area contributed by atoms with Gasteiger partial charge < -0.3 is 10.4 Å². The van der Waals surface area contributed by atoms with Gasteiger partial charge in [-0.1, -0.05) is 19.9 Å². The lowest BCUT2D eigenvalue weighted by atomic mass is 9.77. The third-order valence-electron chi connectivity index (χ3n) is 2.61. The van der Waals surface area contributed by atoms with E-state index in [-0.39, 0.29) is 0 Å². The van der Waals surface area contributed by atoms with E-state index in [1.54, 1.807) is 0 Å². The Hall–Kier alpha value is -0.500. The van der Waals surface area contributed by atoms with Crippen molar-refractivity contribution in [3.63, 3.8) is 0 Å². The predicted octanol–water partition coefficient (Wildman–Crippen LogP) is 2.19. The standard InChI is InChI=1S/C11H21NO/c1-4-5-6-9(2)12-10-7-11(3,13)8-10/h10,12-13H,2,4-8H2,1,3H3. The molecule has 1 saturated carbocycles. The van der Waals surface area contributed by atoms with E-state index in [4.69, 9.17) is 0 Å². The predicted molar refractivity (Wildman–Crippen MR) is 55.4 cm³/mol. The van der Waals surface area contributed by atoms with Gasteiger partial charge in [-0.3, -0.25) is 0 Å².